The fourth-order valence-corrected chi connectivity index (χ4v) is 4.07. The Balaban J connectivity index is 1.52. The quantitative estimate of drug-likeness (QED) is 0.774. The van der Waals surface area contributed by atoms with E-state index in [1.165, 1.54) is 5.56 Å². The van der Waals surface area contributed by atoms with Gasteiger partial charge in [0.2, 0.25) is 17.7 Å². The minimum Gasteiger partial charge on any atom is -0.355 e. The third-order valence-corrected chi connectivity index (χ3v) is 5.70. The fraction of sp³-hybridized carbons (Fsp3) is 0.591. The van der Waals surface area contributed by atoms with Gasteiger partial charge in [-0.15, -0.1) is 0 Å². The number of benzene rings is 1. The van der Waals surface area contributed by atoms with Gasteiger partial charge in [-0.05, 0) is 25.8 Å². The number of aryl methyl sites for hydroxylation is 1. The van der Waals surface area contributed by atoms with Gasteiger partial charge in [0, 0.05) is 52.2 Å². The van der Waals surface area contributed by atoms with Crippen LogP contribution in [0.5, 0.6) is 0 Å². The lowest BCUT2D eigenvalue weighted by Crippen LogP contribution is -2.41. The van der Waals surface area contributed by atoms with Crippen LogP contribution in [0.15, 0.2) is 24.3 Å². The van der Waals surface area contributed by atoms with E-state index in [2.05, 4.69) is 10.2 Å². The van der Waals surface area contributed by atoms with Crippen LogP contribution in [-0.4, -0.2) is 78.2 Å². The van der Waals surface area contributed by atoms with Crippen molar-refractivity contribution in [2.45, 2.75) is 33.2 Å². The van der Waals surface area contributed by atoms with Crippen molar-refractivity contribution < 1.29 is 14.4 Å². The topological polar surface area (TPSA) is 73.0 Å². The normalized spacial score (nSPS) is 20.6. The zero-order valence-corrected chi connectivity index (χ0v) is 17.5. The van der Waals surface area contributed by atoms with E-state index in [4.69, 9.17) is 0 Å². The summed E-state index contributed by atoms with van der Waals surface area (Å²) in [6.45, 7) is 8.81. The van der Waals surface area contributed by atoms with Crippen LogP contribution in [0.2, 0.25) is 0 Å². The lowest BCUT2D eigenvalue weighted by Gasteiger charge is -2.24. The highest BCUT2D eigenvalue weighted by Crippen LogP contribution is 2.23. The standard InChI is InChI=1S/C22H32N4O3/c1-3-23-20(27)16-24-9-4-10-25(12-11-24)22(29)19-13-21(28)26(15-19)14-18-7-5-17(2)6-8-18/h5-8,19H,3-4,9-16H2,1-2H3,(H,23,27). The van der Waals surface area contributed by atoms with Crippen molar-refractivity contribution in [2.75, 3.05) is 45.8 Å². The van der Waals surface area contributed by atoms with Crippen LogP contribution >= 0.6 is 0 Å². The number of rotatable bonds is 6. The fourth-order valence-electron chi connectivity index (χ4n) is 4.07. The largest absolute Gasteiger partial charge is 0.355 e. The van der Waals surface area contributed by atoms with Crippen LogP contribution in [-0.2, 0) is 20.9 Å². The predicted octanol–water partition coefficient (Wildman–Crippen LogP) is 1.01. The van der Waals surface area contributed by atoms with Crippen LogP contribution in [0.4, 0.5) is 0 Å². The molecule has 2 aliphatic heterocycles. The van der Waals surface area contributed by atoms with Gasteiger partial charge in [-0.1, -0.05) is 29.8 Å². The molecule has 0 bridgehead atoms. The first-order valence-electron chi connectivity index (χ1n) is 10.6. The maximum atomic E-state index is 13.0. The average molecular weight is 401 g/mol. The third kappa shape index (κ3) is 5.79. The highest BCUT2D eigenvalue weighted by molar-refractivity contribution is 5.89. The molecule has 2 saturated heterocycles. The van der Waals surface area contributed by atoms with Crippen molar-refractivity contribution in [2.24, 2.45) is 5.92 Å². The first-order chi connectivity index (χ1) is 14.0. The van der Waals surface area contributed by atoms with Crippen molar-refractivity contribution in [3.05, 3.63) is 35.4 Å². The maximum absolute atomic E-state index is 13.0. The van der Waals surface area contributed by atoms with Gasteiger partial charge in [-0.2, -0.15) is 0 Å². The molecule has 0 radical (unpaired) electrons. The molecule has 1 atom stereocenters. The summed E-state index contributed by atoms with van der Waals surface area (Å²) < 4.78 is 0. The first kappa shape index (κ1) is 21.3. The molecule has 7 nitrogen and oxygen atoms in total. The molecule has 3 rings (SSSR count). The predicted molar refractivity (Wildman–Crippen MR) is 111 cm³/mol. The first-order valence-corrected chi connectivity index (χ1v) is 10.6. The lowest BCUT2D eigenvalue weighted by molar-refractivity contribution is -0.135. The molecule has 3 amide bonds. The molecule has 29 heavy (non-hydrogen) atoms. The van der Waals surface area contributed by atoms with Gasteiger partial charge >= 0.3 is 0 Å². The zero-order valence-electron chi connectivity index (χ0n) is 17.5. The number of likely N-dealkylation sites (tertiary alicyclic amines) is 1. The van der Waals surface area contributed by atoms with Gasteiger partial charge in [0.25, 0.3) is 0 Å². The molecule has 1 unspecified atom stereocenters. The van der Waals surface area contributed by atoms with E-state index in [0.29, 0.717) is 52.2 Å². The molecule has 0 spiro atoms. The molecule has 0 saturated carbocycles. The van der Waals surface area contributed by atoms with E-state index in [1.54, 1.807) is 4.90 Å². The molecular weight excluding hydrogens is 368 g/mol. The van der Waals surface area contributed by atoms with Crippen LogP contribution < -0.4 is 5.32 Å². The molecular formula is C22H32N4O3. The van der Waals surface area contributed by atoms with Gasteiger partial charge in [-0.25, -0.2) is 0 Å². The van der Waals surface area contributed by atoms with Gasteiger partial charge in [-0.3, -0.25) is 19.3 Å². The number of hydrogen-bond acceptors (Lipinski definition) is 4. The van der Waals surface area contributed by atoms with Gasteiger partial charge in [0.1, 0.15) is 0 Å². The molecule has 7 heteroatoms. The molecule has 1 N–H and O–H groups in total. The molecule has 2 fully saturated rings. The SMILES string of the molecule is CCNC(=O)CN1CCCN(C(=O)C2CC(=O)N(Cc3ccc(C)cc3)C2)CC1. The summed E-state index contributed by atoms with van der Waals surface area (Å²) in [6, 6.07) is 8.16. The lowest BCUT2D eigenvalue weighted by atomic mass is 10.1. The van der Waals surface area contributed by atoms with Crippen molar-refractivity contribution in [3.63, 3.8) is 0 Å². The second-order valence-electron chi connectivity index (χ2n) is 8.07. The molecule has 1 aromatic rings. The summed E-state index contributed by atoms with van der Waals surface area (Å²) in [5, 5.41) is 2.82. The van der Waals surface area contributed by atoms with E-state index in [1.807, 2.05) is 43.0 Å². The van der Waals surface area contributed by atoms with Crippen LogP contribution in [0, 0.1) is 12.8 Å². The number of amides is 3. The molecule has 1 aromatic carbocycles. The number of nitrogens with one attached hydrogen (secondary N) is 1. The summed E-state index contributed by atoms with van der Waals surface area (Å²) in [5.74, 6) is -0.107. The minimum atomic E-state index is -0.261. The summed E-state index contributed by atoms with van der Waals surface area (Å²) >= 11 is 0. The number of nitrogens with zero attached hydrogens (tertiary/aromatic N) is 3. The van der Waals surface area contributed by atoms with Crippen molar-refractivity contribution in [1.82, 2.24) is 20.0 Å². The smallest absolute Gasteiger partial charge is 0.234 e. The van der Waals surface area contributed by atoms with Gasteiger partial charge in [0.05, 0.1) is 12.5 Å². The van der Waals surface area contributed by atoms with Crippen LogP contribution in [0.3, 0.4) is 0 Å². The summed E-state index contributed by atoms with van der Waals surface area (Å²) in [7, 11) is 0. The number of carbonyl (C=O) groups excluding carboxylic acids is 3. The van der Waals surface area contributed by atoms with Crippen LogP contribution in [0.25, 0.3) is 0 Å². The van der Waals surface area contributed by atoms with E-state index >= 15 is 0 Å². The van der Waals surface area contributed by atoms with Crippen molar-refractivity contribution in [1.29, 1.82) is 0 Å². The highest BCUT2D eigenvalue weighted by atomic mass is 16.2. The van der Waals surface area contributed by atoms with Crippen LogP contribution in [0.1, 0.15) is 30.9 Å². The van der Waals surface area contributed by atoms with E-state index in [9.17, 15) is 14.4 Å². The average Bonchev–Trinajstić information content (AvgIpc) is 2.90. The maximum Gasteiger partial charge on any atom is 0.234 e. The molecule has 2 heterocycles. The Bertz CT molecular complexity index is 734. The van der Waals surface area contributed by atoms with Crippen molar-refractivity contribution >= 4 is 17.7 Å². The Morgan fingerprint density at radius 2 is 1.86 bits per heavy atom. The van der Waals surface area contributed by atoms with E-state index in [-0.39, 0.29) is 23.6 Å². The summed E-state index contributed by atoms with van der Waals surface area (Å²) in [6.07, 6.45) is 1.14. The third-order valence-electron chi connectivity index (χ3n) is 5.70. The van der Waals surface area contributed by atoms with Crippen molar-refractivity contribution in [3.8, 4) is 0 Å². The monoisotopic (exact) mass is 400 g/mol. The Morgan fingerprint density at radius 1 is 1.10 bits per heavy atom. The van der Waals surface area contributed by atoms with E-state index in [0.717, 1.165) is 18.5 Å². The molecule has 0 aromatic heterocycles. The number of hydrogen-bond donors (Lipinski definition) is 1. The molecule has 158 valence electrons. The summed E-state index contributed by atoms with van der Waals surface area (Å²) in [5.41, 5.74) is 2.28. The summed E-state index contributed by atoms with van der Waals surface area (Å²) in [4.78, 5) is 43.1. The Hall–Kier alpha value is -2.41. The number of likely N-dealkylation sites (N-methyl/N-ethyl adjacent to an activating group) is 1. The van der Waals surface area contributed by atoms with Gasteiger partial charge in [0.15, 0.2) is 0 Å². The second-order valence-corrected chi connectivity index (χ2v) is 8.07. The Morgan fingerprint density at radius 3 is 2.59 bits per heavy atom. The zero-order chi connectivity index (χ0) is 20.8. The number of carbonyl (C=O) groups is 3. The highest BCUT2D eigenvalue weighted by Gasteiger charge is 2.36. The molecule has 0 aliphatic carbocycles. The van der Waals surface area contributed by atoms with E-state index < -0.39 is 0 Å². The van der Waals surface area contributed by atoms with Gasteiger partial charge < -0.3 is 15.1 Å². The Labute approximate surface area is 173 Å². The second kappa shape index (κ2) is 9.87. The Kier molecular flexibility index (Phi) is 7.25. The minimum absolute atomic E-state index is 0.0282. The molecule has 2 aliphatic rings.